The second-order valence-corrected chi connectivity index (χ2v) is 6.37. The minimum atomic E-state index is -0.910. The van der Waals surface area contributed by atoms with E-state index in [0.717, 1.165) is 16.0 Å². The molecule has 1 aliphatic rings. The number of aliphatic hydroxyl groups excluding tert-OH is 1. The lowest BCUT2D eigenvalue weighted by Gasteiger charge is -2.28. The zero-order valence-corrected chi connectivity index (χ0v) is 12.8. The number of likely N-dealkylation sites (tertiary alicyclic amines) is 1. The number of imide groups is 1. The van der Waals surface area contributed by atoms with Crippen molar-refractivity contribution in [1.29, 1.82) is 0 Å². The summed E-state index contributed by atoms with van der Waals surface area (Å²) in [6, 6.07) is 6.72. The summed E-state index contributed by atoms with van der Waals surface area (Å²) in [4.78, 5) is 25.3. The predicted octanol–water partition coefficient (Wildman–Crippen LogP) is 2.56. The number of nitrogens with zero attached hydrogens (tertiary/aromatic N) is 1. The molecule has 5 heteroatoms. The van der Waals surface area contributed by atoms with Gasteiger partial charge in [0.15, 0.2) is 0 Å². The summed E-state index contributed by atoms with van der Waals surface area (Å²) in [5.41, 5.74) is 1.11. The summed E-state index contributed by atoms with van der Waals surface area (Å²) >= 11 is 0. The van der Waals surface area contributed by atoms with Gasteiger partial charge < -0.3 is 9.84 Å². The van der Waals surface area contributed by atoms with Crippen LogP contribution in [0.1, 0.15) is 44.4 Å². The molecule has 5 nitrogen and oxygen atoms in total. The lowest BCUT2D eigenvalue weighted by molar-refractivity contribution is -0.128. The lowest BCUT2D eigenvalue weighted by Crippen LogP contribution is -2.40. The van der Waals surface area contributed by atoms with Crippen LogP contribution in [0.3, 0.4) is 0 Å². The highest BCUT2D eigenvalue weighted by molar-refractivity contribution is 5.95. The van der Waals surface area contributed by atoms with Crippen molar-refractivity contribution in [3.05, 3.63) is 35.4 Å². The van der Waals surface area contributed by atoms with Crippen LogP contribution in [0.25, 0.3) is 0 Å². The molecule has 1 aromatic rings. The Bertz CT molecular complexity index is 544. The molecule has 2 amide bonds. The Morgan fingerprint density at radius 3 is 2.38 bits per heavy atom. The second kappa shape index (κ2) is 5.48. The first-order valence-electron chi connectivity index (χ1n) is 6.99. The second-order valence-electron chi connectivity index (χ2n) is 6.37. The van der Waals surface area contributed by atoms with Crippen LogP contribution in [-0.2, 0) is 9.53 Å². The molecular weight excluding hydrogens is 270 g/mol. The maximum absolute atomic E-state index is 12.2. The summed E-state index contributed by atoms with van der Waals surface area (Å²) in [5, 5.41) is 10.1. The van der Waals surface area contributed by atoms with Gasteiger partial charge in [-0.1, -0.05) is 29.8 Å². The topological polar surface area (TPSA) is 66.8 Å². The monoisotopic (exact) mass is 291 g/mol. The van der Waals surface area contributed by atoms with E-state index in [1.807, 2.05) is 31.2 Å². The van der Waals surface area contributed by atoms with Crippen LogP contribution in [0.4, 0.5) is 4.79 Å². The zero-order chi connectivity index (χ0) is 15.8. The first-order valence-corrected chi connectivity index (χ1v) is 6.99. The third kappa shape index (κ3) is 3.42. The summed E-state index contributed by atoms with van der Waals surface area (Å²) in [6.45, 7) is 7.17. The van der Waals surface area contributed by atoms with Crippen LogP contribution in [0.5, 0.6) is 0 Å². The number of aliphatic hydroxyl groups is 1. The fraction of sp³-hybridized carbons (Fsp3) is 0.500. The molecule has 0 spiro atoms. The summed E-state index contributed by atoms with van der Waals surface area (Å²) in [5.74, 6) is -0.415. The Balaban J connectivity index is 2.30. The van der Waals surface area contributed by atoms with Gasteiger partial charge in [0, 0.05) is 0 Å². The molecule has 0 radical (unpaired) electrons. The van der Waals surface area contributed by atoms with Crippen molar-refractivity contribution in [1.82, 2.24) is 4.90 Å². The Kier molecular flexibility index (Phi) is 4.05. The molecule has 2 atom stereocenters. The largest absolute Gasteiger partial charge is 0.443 e. The number of benzene rings is 1. The summed E-state index contributed by atoms with van der Waals surface area (Å²) < 4.78 is 5.27. The molecule has 1 N–H and O–H groups in total. The average molecular weight is 291 g/mol. The van der Waals surface area contributed by atoms with Gasteiger partial charge in [-0.25, -0.2) is 9.69 Å². The van der Waals surface area contributed by atoms with E-state index in [2.05, 4.69) is 0 Å². The van der Waals surface area contributed by atoms with Crippen LogP contribution in [0.2, 0.25) is 0 Å². The lowest BCUT2D eigenvalue weighted by atomic mass is 10.0. The molecule has 0 aromatic heterocycles. The maximum atomic E-state index is 12.2. The van der Waals surface area contributed by atoms with Crippen molar-refractivity contribution >= 4 is 12.0 Å². The van der Waals surface area contributed by atoms with E-state index in [1.54, 1.807) is 20.8 Å². The van der Waals surface area contributed by atoms with Gasteiger partial charge in [-0.15, -0.1) is 0 Å². The van der Waals surface area contributed by atoms with Crippen molar-refractivity contribution in [3.8, 4) is 0 Å². The minimum Gasteiger partial charge on any atom is -0.443 e. The van der Waals surface area contributed by atoms with E-state index >= 15 is 0 Å². The Labute approximate surface area is 124 Å². The maximum Gasteiger partial charge on any atom is 0.417 e. The number of amides is 2. The number of rotatable bonds is 1. The molecule has 2 rings (SSSR count). The van der Waals surface area contributed by atoms with Crippen molar-refractivity contribution in [3.63, 3.8) is 0 Å². The number of carbonyl (C=O) groups is 2. The molecule has 1 heterocycles. The molecule has 0 unspecified atom stereocenters. The molecule has 1 aliphatic heterocycles. The van der Waals surface area contributed by atoms with Gasteiger partial charge in [-0.3, -0.25) is 4.79 Å². The fourth-order valence-corrected chi connectivity index (χ4v) is 2.38. The number of carbonyl (C=O) groups excluding carboxylic acids is 2. The summed E-state index contributed by atoms with van der Waals surface area (Å²) in [7, 11) is 0. The van der Waals surface area contributed by atoms with E-state index in [0.29, 0.717) is 0 Å². The van der Waals surface area contributed by atoms with E-state index in [9.17, 15) is 14.7 Å². The van der Waals surface area contributed by atoms with Crippen molar-refractivity contribution in [2.75, 3.05) is 0 Å². The van der Waals surface area contributed by atoms with Gasteiger partial charge >= 0.3 is 6.09 Å². The Morgan fingerprint density at radius 1 is 1.29 bits per heavy atom. The Hall–Kier alpha value is -1.88. The third-order valence-electron chi connectivity index (χ3n) is 3.30. The van der Waals surface area contributed by atoms with E-state index in [4.69, 9.17) is 4.74 Å². The molecule has 1 saturated heterocycles. The number of aryl methyl sites for hydroxylation is 1. The predicted molar refractivity (Wildman–Crippen MR) is 77.6 cm³/mol. The van der Waals surface area contributed by atoms with Gasteiger partial charge in [0.05, 0.1) is 18.6 Å². The van der Waals surface area contributed by atoms with Crippen LogP contribution in [-0.4, -0.2) is 33.7 Å². The van der Waals surface area contributed by atoms with Crippen molar-refractivity contribution < 1.29 is 19.4 Å². The minimum absolute atomic E-state index is 0.0716. The highest BCUT2D eigenvalue weighted by Gasteiger charge is 2.45. The van der Waals surface area contributed by atoms with Crippen LogP contribution in [0.15, 0.2) is 24.3 Å². The molecule has 0 saturated carbocycles. The van der Waals surface area contributed by atoms with Gasteiger partial charge in [-0.2, -0.15) is 0 Å². The molecule has 1 aromatic carbocycles. The van der Waals surface area contributed by atoms with E-state index in [1.165, 1.54) is 0 Å². The van der Waals surface area contributed by atoms with Crippen LogP contribution >= 0.6 is 0 Å². The van der Waals surface area contributed by atoms with Gasteiger partial charge in [0.25, 0.3) is 0 Å². The highest BCUT2D eigenvalue weighted by atomic mass is 16.6. The Morgan fingerprint density at radius 2 is 1.86 bits per heavy atom. The van der Waals surface area contributed by atoms with E-state index in [-0.39, 0.29) is 6.42 Å². The number of hydrogen-bond acceptors (Lipinski definition) is 4. The van der Waals surface area contributed by atoms with Crippen molar-refractivity contribution in [2.45, 2.75) is 51.9 Å². The van der Waals surface area contributed by atoms with Gasteiger partial charge in [0.1, 0.15) is 5.60 Å². The van der Waals surface area contributed by atoms with Crippen molar-refractivity contribution in [2.24, 2.45) is 0 Å². The SMILES string of the molecule is Cc1ccc([C@H]2[C@H](O)CC(=O)N2C(=O)OC(C)(C)C)cc1. The first kappa shape index (κ1) is 15.5. The zero-order valence-electron chi connectivity index (χ0n) is 12.8. The third-order valence-corrected chi connectivity index (χ3v) is 3.30. The molecule has 0 aliphatic carbocycles. The van der Waals surface area contributed by atoms with E-state index < -0.39 is 29.7 Å². The molecular formula is C16H21NO4. The standard InChI is InChI=1S/C16H21NO4/c1-10-5-7-11(8-6-10)14-12(18)9-13(19)17(14)15(20)21-16(2,3)4/h5-8,12,14,18H,9H2,1-4H3/t12-,14+/m1/s1. The van der Waals surface area contributed by atoms with Crippen LogP contribution in [0, 0.1) is 6.92 Å². The quantitative estimate of drug-likeness (QED) is 0.863. The smallest absolute Gasteiger partial charge is 0.417 e. The molecule has 114 valence electrons. The average Bonchev–Trinajstić information content (AvgIpc) is 2.63. The van der Waals surface area contributed by atoms with Gasteiger partial charge in [-0.05, 0) is 33.3 Å². The van der Waals surface area contributed by atoms with Gasteiger partial charge in [0.2, 0.25) is 5.91 Å². The number of ether oxygens (including phenoxy) is 1. The van der Waals surface area contributed by atoms with Crippen LogP contribution < -0.4 is 0 Å². The number of hydrogen-bond donors (Lipinski definition) is 1. The highest BCUT2D eigenvalue weighted by Crippen LogP contribution is 2.34. The summed E-state index contributed by atoms with van der Waals surface area (Å²) in [6.07, 6.45) is -1.69. The molecule has 0 bridgehead atoms. The normalized spacial score (nSPS) is 22.5. The molecule has 1 fully saturated rings. The first-order chi connectivity index (χ1) is 9.69. The molecule has 21 heavy (non-hydrogen) atoms. The fourth-order valence-electron chi connectivity index (χ4n) is 2.38.